The number of fused-ring (bicyclic) bond motifs is 2. The summed E-state index contributed by atoms with van der Waals surface area (Å²) in [6, 6.07) is 13.4. The summed E-state index contributed by atoms with van der Waals surface area (Å²) in [6.45, 7) is 4.54. The zero-order valence-corrected chi connectivity index (χ0v) is 19.0. The lowest BCUT2D eigenvalue weighted by molar-refractivity contribution is -0.120. The van der Waals surface area contributed by atoms with Gasteiger partial charge in [0.05, 0.1) is 6.42 Å². The lowest BCUT2D eigenvalue weighted by Gasteiger charge is -2.10. The number of halogens is 1. The van der Waals surface area contributed by atoms with E-state index in [1.807, 2.05) is 56.3 Å². The molecule has 4 aromatic rings. The molecule has 3 heterocycles. The minimum atomic E-state index is -0.169. The van der Waals surface area contributed by atoms with E-state index >= 15 is 0 Å². The lowest BCUT2D eigenvalue weighted by Crippen LogP contribution is -2.25. The van der Waals surface area contributed by atoms with Crippen LogP contribution in [0.1, 0.15) is 33.9 Å². The van der Waals surface area contributed by atoms with Crippen LogP contribution in [0, 0.1) is 13.8 Å². The van der Waals surface area contributed by atoms with E-state index in [-0.39, 0.29) is 19.1 Å². The molecule has 0 saturated heterocycles. The Balaban J connectivity index is 1.29. The number of carbonyl (C=O) groups excluding carboxylic acids is 1. The summed E-state index contributed by atoms with van der Waals surface area (Å²) in [4.78, 5) is 21.6. The number of amides is 1. The van der Waals surface area contributed by atoms with Crippen molar-refractivity contribution in [2.24, 2.45) is 0 Å². The second-order valence-electron chi connectivity index (χ2n) is 7.95. The van der Waals surface area contributed by atoms with Crippen molar-refractivity contribution in [1.29, 1.82) is 0 Å². The first-order chi connectivity index (χ1) is 16.0. The first-order valence-electron chi connectivity index (χ1n) is 10.6. The van der Waals surface area contributed by atoms with Gasteiger partial charge in [-0.3, -0.25) is 4.79 Å². The molecule has 5 rings (SSSR count). The molecule has 8 nitrogen and oxygen atoms in total. The van der Waals surface area contributed by atoms with Crippen molar-refractivity contribution in [1.82, 2.24) is 24.9 Å². The lowest BCUT2D eigenvalue weighted by atomic mass is 10.0. The van der Waals surface area contributed by atoms with Gasteiger partial charge in [0.1, 0.15) is 0 Å². The number of nitrogens with one attached hydrogen (secondary N) is 1. The van der Waals surface area contributed by atoms with E-state index < -0.39 is 0 Å². The van der Waals surface area contributed by atoms with Gasteiger partial charge < -0.3 is 14.8 Å². The highest BCUT2D eigenvalue weighted by Gasteiger charge is 2.17. The Labute approximate surface area is 195 Å². The van der Waals surface area contributed by atoms with Crippen molar-refractivity contribution in [2.75, 3.05) is 6.79 Å². The molecule has 168 valence electrons. The fourth-order valence-electron chi connectivity index (χ4n) is 3.89. The van der Waals surface area contributed by atoms with E-state index in [4.69, 9.17) is 21.1 Å². The zero-order valence-electron chi connectivity index (χ0n) is 18.3. The number of aromatic nitrogens is 4. The van der Waals surface area contributed by atoms with Gasteiger partial charge in [0.25, 0.3) is 5.78 Å². The third-order valence-electron chi connectivity index (χ3n) is 5.61. The second kappa shape index (κ2) is 8.71. The number of carbonyl (C=O) groups is 1. The molecular weight excluding hydrogens is 442 g/mol. The van der Waals surface area contributed by atoms with Crippen molar-refractivity contribution in [2.45, 2.75) is 33.2 Å². The van der Waals surface area contributed by atoms with Gasteiger partial charge in [-0.1, -0.05) is 29.8 Å². The van der Waals surface area contributed by atoms with Crippen molar-refractivity contribution in [3.8, 4) is 11.5 Å². The van der Waals surface area contributed by atoms with Gasteiger partial charge in [0, 0.05) is 29.4 Å². The van der Waals surface area contributed by atoms with Crippen LogP contribution in [-0.2, 0) is 24.2 Å². The maximum absolute atomic E-state index is 12.5. The van der Waals surface area contributed by atoms with E-state index in [1.54, 1.807) is 4.52 Å². The van der Waals surface area contributed by atoms with Crippen LogP contribution in [0.4, 0.5) is 0 Å². The van der Waals surface area contributed by atoms with Crippen LogP contribution in [-0.4, -0.2) is 32.3 Å². The number of benzene rings is 2. The molecule has 9 heteroatoms. The van der Waals surface area contributed by atoms with Gasteiger partial charge >= 0.3 is 0 Å². The predicted octanol–water partition coefficient (Wildman–Crippen LogP) is 3.57. The number of aryl methyl sites for hydroxylation is 2. The summed E-state index contributed by atoms with van der Waals surface area (Å²) in [5, 5.41) is 8.14. The van der Waals surface area contributed by atoms with Crippen molar-refractivity contribution < 1.29 is 14.3 Å². The molecule has 33 heavy (non-hydrogen) atoms. The molecule has 1 amide bonds. The number of hydrogen-bond donors (Lipinski definition) is 1. The quantitative estimate of drug-likeness (QED) is 0.470. The highest BCUT2D eigenvalue weighted by molar-refractivity contribution is 6.30. The smallest absolute Gasteiger partial charge is 0.252 e. The fraction of sp³-hybridized carbons (Fsp3) is 0.250. The molecule has 0 radical (unpaired) electrons. The highest BCUT2D eigenvalue weighted by atomic mass is 35.5. The maximum Gasteiger partial charge on any atom is 0.252 e. The largest absolute Gasteiger partial charge is 0.454 e. The maximum atomic E-state index is 12.5. The Morgan fingerprint density at radius 1 is 1.09 bits per heavy atom. The molecule has 0 spiro atoms. The molecule has 0 bridgehead atoms. The standard InChI is InChI=1S/C24H22ClN5O3/c1-14-19(9-16-4-3-5-18(25)8-16)15(2)30-24(27-14)28-22(29-30)11-23(31)26-12-17-6-7-20-21(10-17)33-13-32-20/h3-8,10H,9,11-13H2,1-2H3,(H,26,31). The molecule has 1 aliphatic heterocycles. The normalized spacial score (nSPS) is 12.3. The molecule has 2 aromatic heterocycles. The average molecular weight is 464 g/mol. The summed E-state index contributed by atoms with van der Waals surface area (Å²) in [7, 11) is 0. The SMILES string of the molecule is Cc1nc2nc(CC(=O)NCc3ccc4c(c3)OCO4)nn2c(C)c1Cc1cccc(Cl)c1. The summed E-state index contributed by atoms with van der Waals surface area (Å²) in [5.41, 5.74) is 4.91. The number of ether oxygens (including phenoxy) is 2. The molecule has 0 saturated carbocycles. The van der Waals surface area contributed by atoms with Gasteiger partial charge in [-0.15, -0.1) is 5.10 Å². The first kappa shape index (κ1) is 21.2. The van der Waals surface area contributed by atoms with Gasteiger partial charge in [0.2, 0.25) is 12.7 Å². The van der Waals surface area contributed by atoms with Crippen LogP contribution in [0.5, 0.6) is 11.5 Å². The summed E-state index contributed by atoms with van der Waals surface area (Å²) < 4.78 is 12.4. The van der Waals surface area contributed by atoms with E-state index in [0.29, 0.717) is 41.1 Å². The van der Waals surface area contributed by atoms with Crippen molar-refractivity contribution in [3.63, 3.8) is 0 Å². The van der Waals surface area contributed by atoms with Crippen LogP contribution in [0.2, 0.25) is 5.02 Å². The second-order valence-corrected chi connectivity index (χ2v) is 8.39. The first-order valence-corrected chi connectivity index (χ1v) is 11.0. The molecular formula is C24H22ClN5O3. The highest BCUT2D eigenvalue weighted by Crippen LogP contribution is 2.32. The third-order valence-corrected chi connectivity index (χ3v) is 5.84. The third kappa shape index (κ3) is 4.47. The van der Waals surface area contributed by atoms with Crippen LogP contribution in [0.25, 0.3) is 5.78 Å². The minimum absolute atomic E-state index is 0.0655. The van der Waals surface area contributed by atoms with Gasteiger partial charge in [-0.05, 0) is 54.8 Å². The van der Waals surface area contributed by atoms with E-state index in [9.17, 15) is 4.79 Å². The van der Waals surface area contributed by atoms with Crippen LogP contribution in [0.15, 0.2) is 42.5 Å². The molecule has 2 aromatic carbocycles. The molecule has 1 aliphatic rings. The summed E-state index contributed by atoms with van der Waals surface area (Å²) in [5.74, 6) is 2.14. The Kier molecular flexibility index (Phi) is 5.60. The zero-order chi connectivity index (χ0) is 22.9. The van der Waals surface area contributed by atoms with Gasteiger partial charge in [-0.25, -0.2) is 9.50 Å². The fourth-order valence-corrected chi connectivity index (χ4v) is 4.10. The van der Waals surface area contributed by atoms with E-state index in [2.05, 4.69) is 20.4 Å². The van der Waals surface area contributed by atoms with Crippen molar-refractivity contribution >= 4 is 23.3 Å². The molecule has 1 N–H and O–H groups in total. The summed E-state index contributed by atoms with van der Waals surface area (Å²) >= 11 is 6.13. The topological polar surface area (TPSA) is 90.6 Å². The number of hydrogen-bond acceptors (Lipinski definition) is 6. The monoisotopic (exact) mass is 463 g/mol. The van der Waals surface area contributed by atoms with Crippen molar-refractivity contribution in [3.05, 3.63) is 81.4 Å². The molecule has 0 unspecified atom stereocenters. The Morgan fingerprint density at radius 2 is 1.94 bits per heavy atom. The minimum Gasteiger partial charge on any atom is -0.454 e. The van der Waals surface area contributed by atoms with Crippen LogP contribution < -0.4 is 14.8 Å². The Morgan fingerprint density at radius 3 is 2.79 bits per heavy atom. The molecule has 0 atom stereocenters. The molecule has 0 aliphatic carbocycles. The molecule has 0 fully saturated rings. The Bertz CT molecular complexity index is 1370. The van der Waals surface area contributed by atoms with Gasteiger partial charge in [0.15, 0.2) is 17.3 Å². The van der Waals surface area contributed by atoms with Crippen LogP contribution >= 0.6 is 11.6 Å². The van der Waals surface area contributed by atoms with E-state index in [1.165, 1.54) is 0 Å². The Hall–Kier alpha value is -3.65. The van der Waals surface area contributed by atoms with Gasteiger partial charge in [-0.2, -0.15) is 4.98 Å². The van der Waals surface area contributed by atoms with E-state index in [0.717, 1.165) is 28.1 Å². The predicted molar refractivity (Wildman–Crippen MR) is 123 cm³/mol. The number of nitrogens with zero attached hydrogens (tertiary/aromatic N) is 4. The van der Waals surface area contributed by atoms with Crippen LogP contribution in [0.3, 0.4) is 0 Å². The average Bonchev–Trinajstić information content (AvgIpc) is 3.41. The number of rotatable bonds is 6. The summed E-state index contributed by atoms with van der Waals surface area (Å²) in [6.07, 6.45) is 0.752.